The zero-order chi connectivity index (χ0) is 15.8. The Hall–Kier alpha value is -2.10. The zero-order valence-corrected chi connectivity index (χ0v) is 13.0. The highest BCUT2D eigenvalue weighted by molar-refractivity contribution is 5.81. The maximum atomic E-state index is 12.3. The van der Waals surface area contributed by atoms with E-state index in [0.29, 0.717) is 6.42 Å². The van der Waals surface area contributed by atoms with Crippen molar-refractivity contribution in [1.82, 2.24) is 5.48 Å². The van der Waals surface area contributed by atoms with E-state index in [-0.39, 0.29) is 11.8 Å². The molecule has 118 valence electrons. The quantitative estimate of drug-likeness (QED) is 0.685. The van der Waals surface area contributed by atoms with Crippen molar-refractivity contribution in [1.29, 1.82) is 0 Å². The molecule has 1 saturated carbocycles. The summed E-state index contributed by atoms with van der Waals surface area (Å²) in [6.07, 6.45) is 8.44. The van der Waals surface area contributed by atoms with E-state index in [0.717, 1.165) is 18.4 Å². The molecular weight excluding hydrogens is 278 g/mol. The highest BCUT2D eigenvalue weighted by atomic mass is 16.7. The summed E-state index contributed by atoms with van der Waals surface area (Å²) in [4.78, 5) is 27.8. The van der Waals surface area contributed by atoms with Crippen molar-refractivity contribution in [2.24, 2.45) is 5.92 Å². The first-order chi connectivity index (χ1) is 10.6. The lowest BCUT2D eigenvalue weighted by Crippen LogP contribution is -2.32. The number of rotatable bonds is 4. The minimum atomic E-state index is -0.517. The average Bonchev–Trinajstić information content (AvgIpc) is 2.54. The maximum absolute atomic E-state index is 12.3. The lowest BCUT2D eigenvalue weighted by molar-refractivity contribution is -0.157. The van der Waals surface area contributed by atoms with Gasteiger partial charge in [-0.2, -0.15) is 5.48 Å². The Bertz CT molecular complexity index is 529. The number of hydrogen-bond donors (Lipinski definition) is 1. The van der Waals surface area contributed by atoms with Crippen molar-refractivity contribution in [3.05, 3.63) is 47.5 Å². The van der Waals surface area contributed by atoms with E-state index in [1.54, 1.807) is 0 Å². The Morgan fingerprint density at radius 3 is 2.50 bits per heavy atom. The molecule has 0 unspecified atom stereocenters. The molecule has 1 aromatic rings. The molecule has 2 rings (SSSR count). The first-order valence-corrected chi connectivity index (χ1v) is 7.86. The normalized spacial score (nSPS) is 15.8. The second-order valence-corrected chi connectivity index (χ2v) is 5.74. The second-order valence-electron chi connectivity index (χ2n) is 5.74. The summed E-state index contributed by atoms with van der Waals surface area (Å²) in [5.74, 6) is -1.09. The van der Waals surface area contributed by atoms with Gasteiger partial charge in [-0.05, 0) is 37.7 Å². The predicted molar refractivity (Wildman–Crippen MR) is 84.7 cm³/mol. The fourth-order valence-electron chi connectivity index (χ4n) is 2.75. The highest BCUT2D eigenvalue weighted by Crippen LogP contribution is 2.25. The molecule has 0 saturated heterocycles. The lowest BCUT2D eigenvalue weighted by Gasteiger charge is -2.18. The first kappa shape index (κ1) is 16.3. The molecule has 4 heteroatoms. The number of amides is 1. The second kappa shape index (κ2) is 8.37. The molecule has 0 aliphatic heterocycles. The Morgan fingerprint density at radius 2 is 1.86 bits per heavy atom. The van der Waals surface area contributed by atoms with E-state index >= 15 is 0 Å². The van der Waals surface area contributed by atoms with Crippen LogP contribution in [0.1, 0.15) is 44.6 Å². The van der Waals surface area contributed by atoms with E-state index in [1.165, 1.54) is 31.8 Å². The maximum Gasteiger partial charge on any atom is 0.329 e. The first-order valence-electron chi connectivity index (χ1n) is 7.86. The van der Waals surface area contributed by atoms with Gasteiger partial charge in [0.2, 0.25) is 0 Å². The van der Waals surface area contributed by atoms with Crippen molar-refractivity contribution in [2.75, 3.05) is 0 Å². The molecular formula is C18H23NO3. The number of hydroxylamine groups is 1. The van der Waals surface area contributed by atoms with Crippen LogP contribution in [0.5, 0.6) is 0 Å². The summed E-state index contributed by atoms with van der Waals surface area (Å²) in [6.45, 7) is 1.27. The summed E-state index contributed by atoms with van der Waals surface area (Å²) in [5.41, 5.74) is 4.69. The molecule has 1 fully saturated rings. The summed E-state index contributed by atoms with van der Waals surface area (Å²) in [7, 11) is 0. The predicted octanol–water partition coefficient (Wildman–Crippen LogP) is 3.33. The molecule has 0 spiro atoms. The van der Waals surface area contributed by atoms with Crippen molar-refractivity contribution in [3.8, 4) is 0 Å². The van der Waals surface area contributed by atoms with Crippen LogP contribution in [0.25, 0.3) is 0 Å². The largest absolute Gasteiger partial charge is 0.341 e. The fourth-order valence-corrected chi connectivity index (χ4v) is 2.75. The Labute approximate surface area is 131 Å². The van der Waals surface area contributed by atoms with Gasteiger partial charge in [0, 0.05) is 6.92 Å². The van der Waals surface area contributed by atoms with Crippen LogP contribution >= 0.6 is 0 Å². The number of hydrogen-bond acceptors (Lipinski definition) is 3. The molecule has 1 N–H and O–H groups in total. The standard InChI is InChI=1S/C18H23NO3/c1-14(20)22-19-18(21)17(12-15-8-4-2-5-9-15)13-16-10-6-3-7-11-16/h2,4-5,8-9,13,17H,3,6-7,10-12H2,1H3,(H,19,21)/t17-/m1/s1. The summed E-state index contributed by atoms with van der Waals surface area (Å²) in [6, 6.07) is 9.89. The van der Waals surface area contributed by atoms with Crippen LogP contribution in [-0.4, -0.2) is 11.9 Å². The van der Waals surface area contributed by atoms with Crippen molar-refractivity contribution < 1.29 is 14.4 Å². The molecule has 0 bridgehead atoms. The summed E-state index contributed by atoms with van der Waals surface area (Å²) < 4.78 is 0. The van der Waals surface area contributed by atoms with Crippen molar-refractivity contribution in [3.63, 3.8) is 0 Å². The number of allylic oxidation sites excluding steroid dienone is 1. The Kier molecular flexibility index (Phi) is 6.19. The monoisotopic (exact) mass is 301 g/mol. The van der Waals surface area contributed by atoms with Crippen LogP contribution in [0, 0.1) is 5.92 Å². The SMILES string of the molecule is CC(=O)ONC(=O)[C@@H](C=C1CCCCC1)Cc1ccccc1. The van der Waals surface area contributed by atoms with Gasteiger partial charge in [0.15, 0.2) is 0 Å². The molecule has 0 heterocycles. The van der Waals surface area contributed by atoms with Crippen LogP contribution in [-0.2, 0) is 20.8 Å². The highest BCUT2D eigenvalue weighted by Gasteiger charge is 2.19. The van der Waals surface area contributed by atoms with Crippen LogP contribution in [0.15, 0.2) is 42.0 Å². The smallest absolute Gasteiger partial charge is 0.329 e. The Balaban J connectivity index is 2.08. The van der Waals surface area contributed by atoms with E-state index in [1.807, 2.05) is 30.3 Å². The lowest BCUT2D eigenvalue weighted by atomic mass is 9.89. The summed E-state index contributed by atoms with van der Waals surface area (Å²) in [5, 5.41) is 0. The van der Waals surface area contributed by atoms with E-state index in [2.05, 4.69) is 16.4 Å². The molecule has 1 aromatic carbocycles. The van der Waals surface area contributed by atoms with Crippen LogP contribution < -0.4 is 5.48 Å². The van der Waals surface area contributed by atoms with E-state index in [4.69, 9.17) is 0 Å². The topological polar surface area (TPSA) is 55.4 Å². The molecule has 1 amide bonds. The van der Waals surface area contributed by atoms with Gasteiger partial charge in [-0.3, -0.25) is 9.59 Å². The molecule has 0 aromatic heterocycles. The van der Waals surface area contributed by atoms with Crippen LogP contribution in [0.3, 0.4) is 0 Å². The van der Waals surface area contributed by atoms with Gasteiger partial charge in [-0.15, -0.1) is 0 Å². The molecule has 0 radical (unpaired) electrons. The third-order valence-corrected chi connectivity index (χ3v) is 3.86. The minimum absolute atomic E-state index is 0.267. The van der Waals surface area contributed by atoms with Crippen LogP contribution in [0.2, 0.25) is 0 Å². The van der Waals surface area contributed by atoms with E-state index in [9.17, 15) is 9.59 Å². The average molecular weight is 301 g/mol. The van der Waals surface area contributed by atoms with Gasteiger partial charge in [-0.25, -0.2) is 0 Å². The molecule has 1 atom stereocenters. The molecule has 22 heavy (non-hydrogen) atoms. The number of nitrogens with one attached hydrogen (secondary N) is 1. The van der Waals surface area contributed by atoms with Crippen LogP contribution in [0.4, 0.5) is 0 Å². The molecule has 1 aliphatic carbocycles. The van der Waals surface area contributed by atoms with Crippen molar-refractivity contribution >= 4 is 11.9 Å². The van der Waals surface area contributed by atoms with Gasteiger partial charge >= 0.3 is 5.97 Å². The number of benzene rings is 1. The zero-order valence-electron chi connectivity index (χ0n) is 13.0. The van der Waals surface area contributed by atoms with Gasteiger partial charge in [0.25, 0.3) is 5.91 Å². The van der Waals surface area contributed by atoms with Gasteiger partial charge in [0.1, 0.15) is 0 Å². The van der Waals surface area contributed by atoms with Crippen molar-refractivity contribution in [2.45, 2.75) is 45.4 Å². The van der Waals surface area contributed by atoms with Gasteiger partial charge in [-0.1, -0.05) is 48.4 Å². The number of carbonyl (C=O) groups excluding carboxylic acids is 2. The van der Waals surface area contributed by atoms with E-state index < -0.39 is 5.97 Å². The third kappa shape index (κ3) is 5.35. The third-order valence-electron chi connectivity index (χ3n) is 3.86. The molecule has 4 nitrogen and oxygen atoms in total. The Morgan fingerprint density at radius 1 is 1.18 bits per heavy atom. The van der Waals surface area contributed by atoms with Gasteiger partial charge < -0.3 is 4.84 Å². The number of carbonyl (C=O) groups is 2. The minimum Gasteiger partial charge on any atom is -0.341 e. The molecule has 1 aliphatic rings. The van der Waals surface area contributed by atoms with Gasteiger partial charge in [0.05, 0.1) is 5.92 Å². The fraction of sp³-hybridized carbons (Fsp3) is 0.444. The summed E-state index contributed by atoms with van der Waals surface area (Å²) >= 11 is 0.